The highest BCUT2D eigenvalue weighted by atomic mass is 35.5. The van der Waals surface area contributed by atoms with Crippen LogP contribution >= 0.6 is 11.6 Å². The molecule has 0 unspecified atom stereocenters. The molecule has 0 atom stereocenters. The predicted molar refractivity (Wildman–Crippen MR) is 169 cm³/mol. The van der Waals surface area contributed by atoms with E-state index < -0.39 is 33.8 Å². The number of aromatic carboxylic acids is 1. The van der Waals surface area contributed by atoms with Crippen molar-refractivity contribution in [3.05, 3.63) is 135 Å². The quantitative estimate of drug-likeness (QED) is 0.187. The van der Waals surface area contributed by atoms with Gasteiger partial charge in [0, 0.05) is 45.8 Å². The lowest BCUT2D eigenvalue weighted by atomic mass is 9.97. The van der Waals surface area contributed by atoms with Crippen molar-refractivity contribution in [2.75, 3.05) is 0 Å². The van der Waals surface area contributed by atoms with E-state index in [-0.39, 0.29) is 48.9 Å². The van der Waals surface area contributed by atoms with Gasteiger partial charge in [-0.15, -0.1) is 0 Å². The van der Waals surface area contributed by atoms with Crippen molar-refractivity contribution in [1.82, 2.24) is 8.54 Å². The fourth-order valence-corrected chi connectivity index (χ4v) is 7.26. The standard InChI is InChI=1S/C34H22ClF3N2O5S/c1-39-29(6-3-7-30(39)41)31-26-18-23(36)11-15-28(26)40(46(44,45)24-12-8-19(9-13-24)33(37)38)32(31)21-5-2-4-20(16-21)25-14-10-22(34(42)43)17-27(25)35/h2-18,33H,1H3,(H,42,43). The van der Waals surface area contributed by atoms with E-state index in [0.717, 1.165) is 34.3 Å². The van der Waals surface area contributed by atoms with Crippen LogP contribution in [0, 0.1) is 5.82 Å². The highest BCUT2D eigenvalue weighted by molar-refractivity contribution is 7.90. The van der Waals surface area contributed by atoms with Crippen molar-refractivity contribution in [3.63, 3.8) is 0 Å². The first kappa shape index (κ1) is 30.9. The minimum Gasteiger partial charge on any atom is -0.478 e. The van der Waals surface area contributed by atoms with Gasteiger partial charge in [0.05, 0.1) is 27.4 Å². The SMILES string of the molecule is Cn1c(-c2c(-c3cccc(-c4ccc(C(=O)O)cc4Cl)c3)n(S(=O)(=O)c3ccc(C(F)F)cc3)c3ccc(F)cc23)cccc1=O. The second kappa shape index (κ2) is 11.7. The minimum absolute atomic E-state index is 0.0247. The number of hydrogen-bond acceptors (Lipinski definition) is 4. The molecule has 0 aliphatic heterocycles. The predicted octanol–water partition coefficient (Wildman–Crippen LogP) is 8.01. The summed E-state index contributed by atoms with van der Waals surface area (Å²) >= 11 is 6.47. The molecular formula is C34H22ClF3N2O5S. The Bertz CT molecular complexity index is 2350. The maximum Gasteiger partial charge on any atom is 0.335 e. The number of benzene rings is 4. The molecule has 0 fully saturated rings. The Morgan fingerprint density at radius 3 is 2.24 bits per heavy atom. The number of carbonyl (C=O) groups is 1. The number of hydrogen-bond donors (Lipinski definition) is 1. The maximum absolute atomic E-state index is 14.9. The van der Waals surface area contributed by atoms with Gasteiger partial charge in [0.1, 0.15) is 5.82 Å². The van der Waals surface area contributed by atoms with Gasteiger partial charge in [-0.2, -0.15) is 0 Å². The van der Waals surface area contributed by atoms with Gasteiger partial charge in [0.15, 0.2) is 0 Å². The second-order valence-corrected chi connectivity index (χ2v) is 12.6. The molecule has 0 radical (unpaired) electrons. The van der Waals surface area contributed by atoms with Crippen LogP contribution in [0.1, 0.15) is 22.3 Å². The molecule has 7 nitrogen and oxygen atoms in total. The van der Waals surface area contributed by atoms with Gasteiger partial charge in [-0.25, -0.2) is 30.4 Å². The number of rotatable bonds is 7. The zero-order valence-corrected chi connectivity index (χ0v) is 25.4. The number of halogens is 4. The van der Waals surface area contributed by atoms with Crippen LogP contribution < -0.4 is 5.56 Å². The number of alkyl halides is 2. The molecule has 0 amide bonds. The summed E-state index contributed by atoms with van der Waals surface area (Å²) in [5, 5.41) is 9.68. The van der Waals surface area contributed by atoms with Crippen molar-refractivity contribution in [1.29, 1.82) is 0 Å². The van der Waals surface area contributed by atoms with Gasteiger partial charge in [-0.05, 0) is 60.2 Å². The van der Waals surface area contributed by atoms with Crippen LogP contribution in [0.4, 0.5) is 13.2 Å². The normalized spacial score (nSPS) is 11.8. The number of carboxylic acid groups (broad SMARTS) is 1. The van der Waals surface area contributed by atoms with Gasteiger partial charge >= 0.3 is 5.97 Å². The first-order valence-corrected chi connectivity index (χ1v) is 15.5. The average molecular weight is 663 g/mol. The lowest BCUT2D eigenvalue weighted by Gasteiger charge is -2.16. The largest absolute Gasteiger partial charge is 0.478 e. The van der Waals surface area contributed by atoms with Crippen molar-refractivity contribution >= 4 is 38.5 Å². The summed E-state index contributed by atoms with van der Waals surface area (Å²) in [4.78, 5) is 23.9. The van der Waals surface area contributed by atoms with E-state index in [4.69, 9.17) is 11.6 Å². The molecule has 0 spiro atoms. The highest BCUT2D eigenvalue weighted by Gasteiger charge is 2.30. The molecular weight excluding hydrogens is 641 g/mol. The van der Waals surface area contributed by atoms with Crippen LogP contribution in [0.25, 0.3) is 44.5 Å². The third-order valence-corrected chi connectivity index (χ3v) is 9.70. The van der Waals surface area contributed by atoms with Crippen molar-refractivity contribution in [2.24, 2.45) is 7.05 Å². The van der Waals surface area contributed by atoms with Crippen LogP contribution in [-0.4, -0.2) is 28.0 Å². The molecule has 1 N–H and O–H groups in total. The number of aromatic nitrogens is 2. The molecule has 0 aliphatic carbocycles. The molecule has 0 saturated heterocycles. The van der Waals surface area contributed by atoms with Gasteiger partial charge in [0.2, 0.25) is 0 Å². The minimum atomic E-state index is -4.54. The summed E-state index contributed by atoms with van der Waals surface area (Å²) in [5.41, 5.74) is 1.17. The van der Waals surface area contributed by atoms with Crippen LogP contribution in [0.15, 0.2) is 113 Å². The monoisotopic (exact) mass is 662 g/mol. The molecule has 0 bridgehead atoms. The van der Waals surface area contributed by atoms with Crippen LogP contribution in [0.2, 0.25) is 5.02 Å². The Balaban J connectivity index is 1.72. The number of fused-ring (bicyclic) bond motifs is 1. The molecule has 12 heteroatoms. The van der Waals surface area contributed by atoms with E-state index in [2.05, 4.69) is 0 Å². The number of pyridine rings is 1. The molecule has 6 aromatic rings. The maximum atomic E-state index is 14.9. The first-order chi connectivity index (χ1) is 21.9. The zero-order valence-electron chi connectivity index (χ0n) is 23.8. The molecule has 2 aromatic heterocycles. The molecule has 0 aliphatic rings. The Labute approximate surface area is 265 Å². The van der Waals surface area contributed by atoms with Crippen LogP contribution in [0.3, 0.4) is 0 Å². The Hall–Kier alpha value is -5.13. The van der Waals surface area contributed by atoms with Crippen LogP contribution in [-0.2, 0) is 17.1 Å². The van der Waals surface area contributed by atoms with Crippen LogP contribution in [0.5, 0.6) is 0 Å². The van der Waals surface area contributed by atoms with Crippen molar-refractivity contribution < 1.29 is 31.5 Å². The van der Waals surface area contributed by atoms with E-state index in [1.807, 2.05) is 0 Å². The molecule has 232 valence electrons. The molecule has 46 heavy (non-hydrogen) atoms. The third-order valence-electron chi connectivity index (χ3n) is 7.66. The fraction of sp³-hybridized carbons (Fsp3) is 0.0588. The lowest BCUT2D eigenvalue weighted by molar-refractivity contribution is 0.0697. The molecule has 6 rings (SSSR count). The summed E-state index contributed by atoms with van der Waals surface area (Å²) in [5.74, 6) is -1.82. The van der Waals surface area contributed by atoms with Gasteiger partial charge in [-0.1, -0.05) is 54.1 Å². The molecule has 2 heterocycles. The lowest BCUT2D eigenvalue weighted by Crippen LogP contribution is -2.17. The number of nitrogens with zero attached hydrogens (tertiary/aromatic N) is 2. The topological polar surface area (TPSA) is 98.4 Å². The Kier molecular flexibility index (Phi) is 7.83. The van der Waals surface area contributed by atoms with E-state index in [1.165, 1.54) is 54.1 Å². The first-order valence-electron chi connectivity index (χ1n) is 13.7. The van der Waals surface area contributed by atoms with Gasteiger partial charge in [0.25, 0.3) is 22.0 Å². The Morgan fingerprint density at radius 2 is 1.57 bits per heavy atom. The molecule has 4 aromatic carbocycles. The van der Waals surface area contributed by atoms with E-state index in [9.17, 15) is 36.3 Å². The fourth-order valence-electron chi connectivity index (χ4n) is 5.43. The smallest absolute Gasteiger partial charge is 0.335 e. The van der Waals surface area contributed by atoms with E-state index in [0.29, 0.717) is 16.7 Å². The number of carboxylic acids is 1. The van der Waals surface area contributed by atoms with E-state index >= 15 is 0 Å². The summed E-state index contributed by atoms with van der Waals surface area (Å²) in [6, 6.07) is 23.0. The summed E-state index contributed by atoms with van der Waals surface area (Å²) in [7, 11) is -3.04. The highest BCUT2D eigenvalue weighted by Crippen LogP contribution is 2.44. The molecule has 0 saturated carbocycles. The average Bonchev–Trinajstić information content (AvgIpc) is 3.37. The summed E-state index contributed by atoms with van der Waals surface area (Å²) in [6.45, 7) is 0. The summed E-state index contributed by atoms with van der Waals surface area (Å²) in [6.07, 6.45) is -2.81. The summed E-state index contributed by atoms with van der Waals surface area (Å²) < 4.78 is 72.7. The Morgan fingerprint density at radius 1 is 0.870 bits per heavy atom. The van der Waals surface area contributed by atoms with Crippen molar-refractivity contribution in [2.45, 2.75) is 11.3 Å². The van der Waals surface area contributed by atoms with Gasteiger partial charge < -0.3 is 9.67 Å². The van der Waals surface area contributed by atoms with E-state index in [1.54, 1.807) is 30.3 Å². The zero-order chi connectivity index (χ0) is 32.9. The second-order valence-electron chi connectivity index (χ2n) is 10.4. The van der Waals surface area contributed by atoms with Crippen molar-refractivity contribution in [3.8, 4) is 33.6 Å². The van der Waals surface area contributed by atoms with Gasteiger partial charge in [-0.3, -0.25) is 4.79 Å². The third kappa shape index (κ3) is 5.27.